The molecule has 28 heavy (non-hydrogen) atoms. The van der Waals surface area contributed by atoms with Gasteiger partial charge >= 0.3 is 0 Å². The van der Waals surface area contributed by atoms with E-state index < -0.39 is 16.1 Å². The highest BCUT2D eigenvalue weighted by atomic mass is 28.3. The van der Waals surface area contributed by atoms with Crippen molar-refractivity contribution in [3.63, 3.8) is 0 Å². The van der Waals surface area contributed by atoms with Gasteiger partial charge in [-0.15, -0.1) is 11.1 Å². The van der Waals surface area contributed by atoms with Crippen molar-refractivity contribution in [2.24, 2.45) is 0 Å². The predicted molar refractivity (Wildman–Crippen MR) is 127 cm³/mol. The van der Waals surface area contributed by atoms with E-state index in [1.165, 1.54) is 0 Å². The molecule has 0 aromatic carbocycles. The maximum absolute atomic E-state index is 4.66. The lowest BCUT2D eigenvalue weighted by Crippen LogP contribution is -2.16. The summed E-state index contributed by atoms with van der Waals surface area (Å²) >= 11 is 0. The number of hydrogen-bond donors (Lipinski definition) is 0. The van der Waals surface area contributed by atoms with E-state index in [-0.39, 0.29) is 0 Å². The van der Waals surface area contributed by atoms with Crippen LogP contribution in [0.25, 0.3) is 22.4 Å². The van der Waals surface area contributed by atoms with Gasteiger partial charge in [0.2, 0.25) is 0 Å². The van der Waals surface area contributed by atoms with Crippen LogP contribution in [0.2, 0.25) is 39.3 Å². The van der Waals surface area contributed by atoms with Crippen molar-refractivity contribution >= 4 is 16.1 Å². The number of nitrogens with zero attached hydrogens (tertiary/aromatic N) is 1. The number of aromatic nitrogens is 1. The molecule has 0 saturated carbocycles. The Morgan fingerprint density at radius 3 is 1.57 bits per heavy atom. The first-order chi connectivity index (χ1) is 13.2. The van der Waals surface area contributed by atoms with Gasteiger partial charge in [0.25, 0.3) is 0 Å². The van der Waals surface area contributed by atoms with E-state index in [1.54, 1.807) is 0 Å². The van der Waals surface area contributed by atoms with Crippen LogP contribution in [0.1, 0.15) is 11.1 Å². The van der Waals surface area contributed by atoms with Crippen LogP contribution in [0, 0.1) is 22.9 Å². The standard InChI is InChI=1S/C25H27NSi2/c1-27(2,3)18-15-22-20-12-8-7-9-13-21(20)23(16-19-28(4,5)6)25(22)24-14-10-11-17-26-24/h7-14,17H,1-6H3. The molecule has 1 heterocycles. The summed E-state index contributed by atoms with van der Waals surface area (Å²) in [4.78, 5) is 4.66. The maximum atomic E-state index is 4.66. The molecule has 0 radical (unpaired) electrons. The number of pyridine rings is 1. The average molecular weight is 398 g/mol. The van der Waals surface area contributed by atoms with Gasteiger partial charge in [-0.25, -0.2) is 0 Å². The van der Waals surface area contributed by atoms with Gasteiger partial charge in [-0.1, -0.05) is 87.5 Å². The summed E-state index contributed by atoms with van der Waals surface area (Å²) in [5.74, 6) is 7.08. The normalized spacial score (nSPS) is 11.4. The van der Waals surface area contributed by atoms with E-state index in [0.717, 1.165) is 33.5 Å². The Balaban J connectivity index is 2.43. The molecule has 0 saturated heterocycles. The van der Waals surface area contributed by atoms with Gasteiger partial charge in [-0.3, -0.25) is 4.98 Å². The maximum Gasteiger partial charge on any atom is 0.129 e. The quantitative estimate of drug-likeness (QED) is 0.346. The first-order valence-electron chi connectivity index (χ1n) is 9.68. The van der Waals surface area contributed by atoms with Crippen LogP contribution in [-0.2, 0) is 0 Å². The minimum atomic E-state index is -1.52. The van der Waals surface area contributed by atoms with Gasteiger partial charge < -0.3 is 0 Å². The van der Waals surface area contributed by atoms with E-state index >= 15 is 0 Å². The summed E-state index contributed by atoms with van der Waals surface area (Å²) in [6, 6.07) is 16.6. The molecule has 0 aliphatic heterocycles. The molecule has 0 amide bonds. The molecule has 0 fully saturated rings. The lowest BCUT2D eigenvalue weighted by atomic mass is 10.1. The van der Waals surface area contributed by atoms with E-state index in [4.69, 9.17) is 0 Å². The van der Waals surface area contributed by atoms with Gasteiger partial charge in [0, 0.05) is 22.9 Å². The Morgan fingerprint density at radius 1 is 0.643 bits per heavy atom. The van der Waals surface area contributed by atoms with E-state index in [2.05, 4.69) is 104 Å². The molecule has 3 heteroatoms. The van der Waals surface area contributed by atoms with Crippen LogP contribution in [0.3, 0.4) is 0 Å². The van der Waals surface area contributed by atoms with Gasteiger partial charge in [-0.2, -0.15) is 0 Å². The van der Waals surface area contributed by atoms with Gasteiger partial charge in [0.15, 0.2) is 0 Å². The largest absolute Gasteiger partial charge is 0.256 e. The summed E-state index contributed by atoms with van der Waals surface area (Å²) in [5.41, 5.74) is 13.6. The molecule has 0 unspecified atom stereocenters. The summed E-state index contributed by atoms with van der Waals surface area (Å²) in [6.45, 7) is 13.7. The van der Waals surface area contributed by atoms with Crippen molar-refractivity contribution in [2.45, 2.75) is 39.3 Å². The second kappa shape index (κ2) is 7.80. The van der Waals surface area contributed by atoms with Crippen molar-refractivity contribution in [2.75, 3.05) is 0 Å². The number of hydrogen-bond acceptors (Lipinski definition) is 1. The highest BCUT2D eigenvalue weighted by Gasteiger charge is 2.23. The van der Waals surface area contributed by atoms with Gasteiger partial charge in [0.1, 0.15) is 16.1 Å². The summed E-state index contributed by atoms with van der Waals surface area (Å²) < 4.78 is 0. The SMILES string of the molecule is C[Si](C)(C)C#Cc1c2cccccc-2c(C#C[Si](C)(C)C)c1-c1ccccn1. The fraction of sp³-hybridized carbons (Fsp3) is 0.240. The van der Waals surface area contributed by atoms with Crippen LogP contribution in [0.4, 0.5) is 0 Å². The molecular formula is C25H27NSi2. The van der Waals surface area contributed by atoms with Gasteiger partial charge in [0.05, 0.1) is 5.69 Å². The Kier molecular flexibility index (Phi) is 5.61. The highest BCUT2D eigenvalue weighted by molar-refractivity contribution is 6.84. The second-order valence-corrected chi connectivity index (χ2v) is 18.6. The summed E-state index contributed by atoms with van der Waals surface area (Å²) in [5, 5.41) is 0. The Morgan fingerprint density at radius 2 is 1.14 bits per heavy atom. The van der Waals surface area contributed by atoms with Crippen LogP contribution >= 0.6 is 0 Å². The molecule has 2 aliphatic rings. The number of rotatable bonds is 1. The second-order valence-electron chi connectivity index (χ2n) is 9.08. The molecule has 1 aromatic rings. The molecule has 0 spiro atoms. The Bertz CT molecular complexity index is 1010. The van der Waals surface area contributed by atoms with E-state index in [1.807, 2.05) is 18.3 Å². The molecule has 0 atom stereocenters. The van der Waals surface area contributed by atoms with Crippen LogP contribution in [-0.4, -0.2) is 21.1 Å². The fourth-order valence-electron chi connectivity index (χ4n) is 2.90. The van der Waals surface area contributed by atoms with Crippen LogP contribution in [0.15, 0.2) is 54.7 Å². The topological polar surface area (TPSA) is 12.9 Å². The minimum absolute atomic E-state index is 0.945. The highest BCUT2D eigenvalue weighted by Crippen LogP contribution is 2.41. The molecule has 0 N–H and O–H groups in total. The third kappa shape index (κ3) is 4.81. The zero-order chi connectivity index (χ0) is 20.4. The van der Waals surface area contributed by atoms with Crippen molar-refractivity contribution in [1.82, 2.24) is 4.98 Å². The monoisotopic (exact) mass is 397 g/mol. The van der Waals surface area contributed by atoms with Crippen molar-refractivity contribution in [3.8, 4) is 45.3 Å². The predicted octanol–water partition coefficient (Wildman–Crippen LogP) is 6.31. The van der Waals surface area contributed by atoms with Crippen molar-refractivity contribution in [1.29, 1.82) is 0 Å². The summed E-state index contributed by atoms with van der Waals surface area (Å²) in [7, 11) is -3.04. The number of fused-ring (bicyclic) bond motifs is 1. The zero-order valence-corrected chi connectivity index (χ0v) is 19.6. The third-order valence-corrected chi connectivity index (χ3v) is 5.87. The fourth-order valence-corrected chi connectivity index (χ4v) is 3.90. The molecule has 1 nitrogen and oxygen atoms in total. The molecule has 1 aromatic heterocycles. The molecular weight excluding hydrogens is 370 g/mol. The third-order valence-electron chi connectivity index (χ3n) is 4.12. The molecule has 0 bridgehead atoms. The van der Waals surface area contributed by atoms with Crippen molar-refractivity contribution in [3.05, 3.63) is 65.9 Å². The first-order valence-corrected chi connectivity index (χ1v) is 16.7. The molecule has 3 rings (SSSR count). The summed E-state index contributed by atoms with van der Waals surface area (Å²) in [6.07, 6.45) is 1.85. The van der Waals surface area contributed by atoms with Crippen molar-refractivity contribution < 1.29 is 0 Å². The minimum Gasteiger partial charge on any atom is -0.256 e. The van der Waals surface area contributed by atoms with Crippen LogP contribution < -0.4 is 0 Å². The Labute approximate surface area is 171 Å². The van der Waals surface area contributed by atoms with E-state index in [0.29, 0.717) is 0 Å². The van der Waals surface area contributed by atoms with Crippen LogP contribution in [0.5, 0.6) is 0 Å². The lowest BCUT2D eigenvalue weighted by Gasteiger charge is -2.06. The zero-order valence-electron chi connectivity index (χ0n) is 17.6. The molecule has 140 valence electrons. The molecule has 2 aliphatic carbocycles. The van der Waals surface area contributed by atoms with Gasteiger partial charge in [-0.05, 0) is 23.3 Å². The van der Waals surface area contributed by atoms with E-state index in [9.17, 15) is 0 Å². The lowest BCUT2D eigenvalue weighted by molar-refractivity contribution is 1.33. The first kappa shape index (κ1) is 20.1. The smallest absolute Gasteiger partial charge is 0.129 e. The average Bonchev–Trinajstić information content (AvgIpc) is 2.74. The Hall–Kier alpha value is -2.60.